The molecule has 0 aromatic heterocycles. The van der Waals surface area contributed by atoms with Gasteiger partial charge in [0.1, 0.15) is 0 Å². The first-order chi connectivity index (χ1) is 9.72. The molecule has 1 aliphatic carbocycles. The number of alkyl halides is 1. The highest BCUT2D eigenvalue weighted by Gasteiger charge is 2.33. The Morgan fingerprint density at radius 1 is 1.25 bits per heavy atom. The molecule has 1 N–H and O–H groups in total. The summed E-state index contributed by atoms with van der Waals surface area (Å²) in [6, 6.07) is 5.87. The monoisotopic (exact) mass is 337 g/mol. The van der Waals surface area contributed by atoms with Crippen LogP contribution < -0.4 is 5.32 Å². The number of rotatable bonds is 4. The van der Waals surface area contributed by atoms with Crippen LogP contribution in [0.3, 0.4) is 0 Å². The maximum Gasteiger partial charge on any atom is 0.251 e. The van der Waals surface area contributed by atoms with Gasteiger partial charge in [0.25, 0.3) is 5.91 Å². The first-order valence-corrected chi connectivity index (χ1v) is 8.38. The SMILES string of the molecule is O=C(NCC1(CBr)CCCC1)c1ccc2c(c1)COC2. The van der Waals surface area contributed by atoms with E-state index < -0.39 is 0 Å². The quantitative estimate of drug-likeness (QED) is 0.855. The zero-order valence-electron chi connectivity index (χ0n) is 11.6. The van der Waals surface area contributed by atoms with Gasteiger partial charge in [-0.25, -0.2) is 0 Å². The lowest BCUT2D eigenvalue weighted by Gasteiger charge is -2.26. The van der Waals surface area contributed by atoms with E-state index in [1.54, 1.807) is 0 Å². The highest BCUT2D eigenvalue weighted by atomic mass is 79.9. The third-order valence-electron chi connectivity index (χ3n) is 4.56. The normalized spacial score (nSPS) is 19.9. The Labute approximate surface area is 128 Å². The lowest BCUT2D eigenvalue weighted by atomic mass is 9.88. The van der Waals surface area contributed by atoms with Gasteiger partial charge in [-0.2, -0.15) is 0 Å². The topological polar surface area (TPSA) is 38.3 Å². The first-order valence-electron chi connectivity index (χ1n) is 7.26. The van der Waals surface area contributed by atoms with Crippen molar-refractivity contribution in [1.29, 1.82) is 0 Å². The molecule has 1 fully saturated rings. The molecule has 0 atom stereocenters. The molecule has 0 radical (unpaired) electrons. The molecule has 0 spiro atoms. The number of hydrogen-bond donors (Lipinski definition) is 1. The van der Waals surface area contributed by atoms with Crippen LogP contribution >= 0.6 is 15.9 Å². The molecule has 1 aromatic rings. The zero-order chi connectivity index (χ0) is 14.0. The van der Waals surface area contributed by atoms with Gasteiger partial charge in [0.2, 0.25) is 0 Å². The van der Waals surface area contributed by atoms with E-state index in [-0.39, 0.29) is 11.3 Å². The Morgan fingerprint density at radius 3 is 2.75 bits per heavy atom. The fourth-order valence-electron chi connectivity index (χ4n) is 3.17. The Bertz CT molecular complexity index is 509. The molecule has 1 aliphatic heterocycles. The van der Waals surface area contributed by atoms with Gasteiger partial charge in [-0.1, -0.05) is 34.8 Å². The fourth-order valence-corrected chi connectivity index (χ4v) is 3.92. The van der Waals surface area contributed by atoms with Gasteiger partial charge >= 0.3 is 0 Å². The minimum absolute atomic E-state index is 0.0342. The summed E-state index contributed by atoms with van der Waals surface area (Å²) in [5, 5.41) is 4.08. The summed E-state index contributed by atoms with van der Waals surface area (Å²) in [7, 11) is 0. The Balaban J connectivity index is 1.64. The van der Waals surface area contributed by atoms with E-state index >= 15 is 0 Å². The molecule has 0 unspecified atom stereocenters. The second-order valence-corrected chi connectivity index (χ2v) is 6.56. The number of halogens is 1. The van der Waals surface area contributed by atoms with E-state index in [0.29, 0.717) is 13.2 Å². The molecule has 1 aromatic carbocycles. The average Bonchev–Trinajstić information content (AvgIpc) is 3.13. The molecule has 4 heteroatoms. The lowest BCUT2D eigenvalue weighted by molar-refractivity contribution is 0.0935. The van der Waals surface area contributed by atoms with Gasteiger partial charge in [-0.15, -0.1) is 0 Å². The molecular formula is C16H20BrNO2. The van der Waals surface area contributed by atoms with Crippen LogP contribution in [-0.4, -0.2) is 17.8 Å². The fraction of sp³-hybridized carbons (Fsp3) is 0.562. The van der Waals surface area contributed by atoms with Crippen LogP contribution in [0, 0.1) is 5.41 Å². The Kier molecular flexibility index (Phi) is 4.13. The standard InChI is InChI=1S/C16H20BrNO2/c17-10-16(5-1-2-6-16)11-18-15(19)12-3-4-13-8-20-9-14(13)7-12/h3-4,7H,1-2,5-6,8-11H2,(H,18,19). The van der Waals surface area contributed by atoms with Gasteiger partial charge in [0, 0.05) is 17.4 Å². The van der Waals surface area contributed by atoms with E-state index in [9.17, 15) is 4.79 Å². The predicted octanol–water partition coefficient (Wildman–Crippen LogP) is 3.40. The number of amides is 1. The van der Waals surface area contributed by atoms with E-state index in [1.165, 1.54) is 31.2 Å². The van der Waals surface area contributed by atoms with Crippen molar-refractivity contribution in [1.82, 2.24) is 5.32 Å². The molecule has 1 amide bonds. The maximum atomic E-state index is 12.3. The van der Waals surface area contributed by atoms with Crippen LogP contribution in [-0.2, 0) is 18.0 Å². The molecule has 0 bridgehead atoms. The number of ether oxygens (including phenoxy) is 1. The summed E-state index contributed by atoms with van der Waals surface area (Å²) in [5.74, 6) is 0.0342. The molecule has 1 heterocycles. The molecule has 0 saturated heterocycles. The summed E-state index contributed by atoms with van der Waals surface area (Å²) in [4.78, 5) is 12.3. The Morgan fingerprint density at radius 2 is 2.00 bits per heavy atom. The van der Waals surface area contributed by atoms with Crippen molar-refractivity contribution < 1.29 is 9.53 Å². The van der Waals surface area contributed by atoms with Crippen LogP contribution in [0.4, 0.5) is 0 Å². The average molecular weight is 338 g/mol. The number of nitrogens with one attached hydrogen (secondary N) is 1. The van der Waals surface area contributed by atoms with Crippen molar-refractivity contribution in [3.05, 3.63) is 34.9 Å². The van der Waals surface area contributed by atoms with Crippen molar-refractivity contribution >= 4 is 21.8 Å². The van der Waals surface area contributed by atoms with Crippen molar-refractivity contribution in [2.45, 2.75) is 38.9 Å². The molecule has 108 valence electrons. The Hall–Kier alpha value is -0.870. The highest BCUT2D eigenvalue weighted by molar-refractivity contribution is 9.09. The second-order valence-electron chi connectivity index (χ2n) is 6.00. The smallest absolute Gasteiger partial charge is 0.251 e. The lowest BCUT2D eigenvalue weighted by Crippen LogP contribution is -2.37. The first kappa shape index (κ1) is 14.1. The molecular weight excluding hydrogens is 318 g/mol. The van der Waals surface area contributed by atoms with Crippen LogP contribution in [0.2, 0.25) is 0 Å². The van der Waals surface area contributed by atoms with Gasteiger partial charge in [0.05, 0.1) is 13.2 Å². The van der Waals surface area contributed by atoms with Gasteiger partial charge in [0.15, 0.2) is 0 Å². The third-order valence-corrected chi connectivity index (χ3v) is 5.74. The van der Waals surface area contributed by atoms with Gasteiger partial charge < -0.3 is 10.1 Å². The number of hydrogen-bond acceptors (Lipinski definition) is 2. The van der Waals surface area contributed by atoms with Crippen LogP contribution in [0.1, 0.15) is 47.2 Å². The van der Waals surface area contributed by atoms with Crippen LogP contribution in [0.5, 0.6) is 0 Å². The molecule has 3 nitrogen and oxygen atoms in total. The van der Waals surface area contributed by atoms with Crippen LogP contribution in [0.25, 0.3) is 0 Å². The molecule has 1 saturated carbocycles. The van der Waals surface area contributed by atoms with E-state index in [2.05, 4.69) is 21.2 Å². The summed E-state index contributed by atoms with van der Waals surface area (Å²) in [6.45, 7) is 2.07. The third kappa shape index (κ3) is 2.77. The van der Waals surface area contributed by atoms with Crippen molar-refractivity contribution in [3.63, 3.8) is 0 Å². The molecule has 20 heavy (non-hydrogen) atoms. The summed E-state index contributed by atoms with van der Waals surface area (Å²) >= 11 is 3.61. The van der Waals surface area contributed by atoms with E-state index in [0.717, 1.165) is 23.0 Å². The van der Waals surface area contributed by atoms with Crippen molar-refractivity contribution in [2.24, 2.45) is 5.41 Å². The number of carbonyl (C=O) groups is 1. The minimum Gasteiger partial charge on any atom is -0.372 e. The number of benzene rings is 1. The summed E-state index contributed by atoms with van der Waals surface area (Å²) in [5.41, 5.74) is 3.36. The largest absolute Gasteiger partial charge is 0.372 e. The van der Waals surface area contributed by atoms with Gasteiger partial charge in [-0.05, 0) is 41.5 Å². The summed E-state index contributed by atoms with van der Waals surface area (Å²) in [6.07, 6.45) is 4.96. The number of fused-ring (bicyclic) bond motifs is 1. The highest BCUT2D eigenvalue weighted by Crippen LogP contribution is 2.39. The van der Waals surface area contributed by atoms with Crippen LogP contribution in [0.15, 0.2) is 18.2 Å². The molecule has 3 rings (SSSR count). The molecule has 2 aliphatic rings. The van der Waals surface area contributed by atoms with E-state index in [1.807, 2.05) is 18.2 Å². The second kappa shape index (κ2) is 5.86. The van der Waals surface area contributed by atoms with E-state index in [4.69, 9.17) is 4.74 Å². The minimum atomic E-state index is 0.0342. The summed E-state index contributed by atoms with van der Waals surface area (Å²) < 4.78 is 5.39. The number of carbonyl (C=O) groups excluding carboxylic acids is 1. The van der Waals surface area contributed by atoms with Gasteiger partial charge in [-0.3, -0.25) is 4.79 Å². The predicted molar refractivity (Wildman–Crippen MR) is 82.0 cm³/mol. The van der Waals surface area contributed by atoms with Crippen molar-refractivity contribution in [2.75, 3.05) is 11.9 Å². The zero-order valence-corrected chi connectivity index (χ0v) is 13.2. The van der Waals surface area contributed by atoms with Crippen molar-refractivity contribution in [3.8, 4) is 0 Å². The maximum absolute atomic E-state index is 12.3.